The molecule has 0 aromatic carbocycles. The molecule has 16 heavy (non-hydrogen) atoms. The van der Waals surface area contributed by atoms with E-state index in [4.69, 9.17) is 0 Å². The van der Waals surface area contributed by atoms with Crippen LogP contribution in [-0.2, 0) is 11.4 Å². The highest BCUT2D eigenvalue weighted by atomic mass is 32.2. The average molecular weight is 249 g/mol. The van der Waals surface area contributed by atoms with E-state index in [1.54, 1.807) is 6.21 Å². The molecular weight excluding hydrogens is 232 g/mol. The van der Waals surface area contributed by atoms with Crippen LogP contribution in [0.1, 0.15) is 33.6 Å². The van der Waals surface area contributed by atoms with Gasteiger partial charge in [-0.15, -0.1) is 0 Å². The molecule has 0 amide bonds. The summed E-state index contributed by atoms with van der Waals surface area (Å²) in [7, 11) is 0. The monoisotopic (exact) mass is 249 g/mol. The van der Waals surface area contributed by atoms with Gasteiger partial charge >= 0.3 is 0 Å². The molecule has 0 N–H and O–H groups in total. The Balaban J connectivity index is 1.84. The van der Waals surface area contributed by atoms with Gasteiger partial charge in [0.15, 0.2) is 0 Å². The zero-order chi connectivity index (χ0) is 12.1. The van der Waals surface area contributed by atoms with E-state index >= 15 is 0 Å². The van der Waals surface area contributed by atoms with Crippen LogP contribution in [-0.4, -0.2) is 21.4 Å². The number of hydrogen-bond acceptors (Lipinski definition) is 2. The second-order valence-corrected chi connectivity index (χ2v) is 7.67. The first-order valence-electron chi connectivity index (χ1n) is 5.57. The second-order valence-electron chi connectivity index (χ2n) is 5.74. The minimum Gasteiger partial charge on any atom is -0.591 e. The van der Waals surface area contributed by atoms with Crippen molar-refractivity contribution in [1.29, 1.82) is 0 Å². The predicted molar refractivity (Wildman–Crippen MR) is 61.0 cm³/mol. The van der Waals surface area contributed by atoms with Crippen molar-refractivity contribution in [1.82, 2.24) is 0 Å². The Kier molecular flexibility index (Phi) is 2.82. The molecule has 0 aromatic rings. The van der Waals surface area contributed by atoms with Gasteiger partial charge in [-0.25, -0.2) is 8.78 Å². The highest BCUT2D eigenvalue weighted by Crippen LogP contribution is 2.65. The zero-order valence-corrected chi connectivity index (χ0v) is 10.6. The van der Waals surface area contributed by atoms with Gasteiger partial charge in [0, 0.05) is 11.8 Å². The third kappa shape index (κ3) is 2.12. The zero-order valence-electron chi connectivity index (χ0n) is 9.74. The van der Waals surface area contributed by atoms with Crippen LogP contribution in [0.5, 0.6) is 0 Å². The summed E-state index contributed by atoms with van der Waals surface area (Å²) in [5.74, 6) is -3.20. The van der Waals surface area contributed by atoms with Gasteiger partial charge in [0.05, 0.1) is 6.21 Å². The Morgan fingerprint density at radius 2 is 1.81 bits per heavy atom. The third-order valence-corrected chi connectivity index (χ3v) is 4.73. The normalized spacial score (nSPS) is 38.8. The van der Waals surface area contributed by atoms with E-state index in [-0.39, 0.29) is 10.7 Å². The molecule has 2 nitrogen and oxygen atoms in total. The van der Waals surface area contributed by atoms with E-state index in [1.807, 2.05) is 20.8 Å². The molecule has 2 aliphatic carbocycles. The van der Waals surface area contributed by atoms with Crippen LogP contribution in [0.4, 0.5) is 8.78 Å². The van der Waals surface area contributed by atoms with E-state index in [1.165, 1.54) is 0 Å². The maximum atomic E-state index is 12.9. The van der Waals surface area contributed by atoms with Crippen molar-refractivity contribution in [2.45, 2.75) is 44.3 Å². The molecule has 2 unspecified atom stereocenters. The van der Waals surface area contributed by atoms with Gasteiger partial charge < -0.3 is 4.55 Å². The fraction of sp³-hybridized carbons (Fsp3) is 0.909. The van der Waals surface area contributed by atoms with E-state index in [9.17, 15) is 13.3 Å². The lowest BCUT2D eigenvalue weighted by atomic mass is 10.0. The van der Waals surface area contributed by atoms with Gasteiger partial charge in [-0.2, -0.15) is 0 Å². The van der Waals surface area contributed by atoms with Crippen LogP contribution in [0, 0.1) is 17.8 Å². The van der Waals surface area contributed by atoms with E-state index in [2.05, 4.69) is 4.40 Å². The molecule has 0 aromatic heterocycles. The molecule has 0 aliphatic heterocycles. The number of alkyl halides is 2. The van der Waals surface area contributed by atoms with Crippen molar-refractivity contribution in [2.75, 3.05) is 0 Å². The second kappa shape index (κ2) is 3.67. The summed E-state index contributed by atoms with van der Waals surface area (Å²) in [6, 6.07) is 0. The number of fused-ring (bicyclic) bond motifs is 1. The number of nitrogens with zero attached hydrogens (tertiary/aromatic N) is 1. The van der Waals surface area contributed by atoms with Gasteiger partial charge in [-0.3, -0.25) is 0 Å². The van der Waals surface area contributed by atoms with Crippen molar-refractivity contribution in [3.8, 4) is 0 Å². The summed E-state index contributed by atoms with van der Waals surface area (Å²) in [6.07, 6.45) is 2.63. The first kappa shape index (κ1) is 12.3. The summed E-state index contributed by atoms with van der Waals surface area (Å²) in [5, 5.41) is 0. The number of halogens is 2. The lowest BCUT2D eigenvalue weighted by molar-refractivity contribution is 0.0691. The Morgan fingerprint density at radius 1 is 1.31 bits per heavy atom. The van der Waals surface area contributed by atoms with Gasteiger partial charge in [-0.05, 0) is 39.5 Å². The smallest absolute Gasteiger partial charge is 0.254 e. The lowest BCUT2D eigenvalue weighted by Gasteiger charge is -2.18. The van der Waals surface area contributed by atoms with Crippen LogP contribution < -0.4 is 0 Å². The number of hydrogen-bond donors (Lipinski definition) is 0. The highest BCUT2D eigenvalue weighted by molar-refractivity contribution is 7.91. The van der Waals surface area contributed by atoms with Gasteiger partial charge in [0.1, 0.15) is 16.1 Å². The Morgan fingerprint density at radius 3 is 2.25 bits per heavy atom. The molecule has 0 heterocycles. The van der Waals surface area contributed by atoms with E-state index in [0.717, 1.165) is 0 Å². The molecule has 0 spiro atoms. The van der Waals surface area contributed by atoms with Crippen molar-refractivity contribution in [3.05, 3.63) is 0 Å². The average Bonchev–Trinajstić information content (AvgIpc) is 2.57. The van der Waals surface area contributed by atoms with Gasteiger partial charge in [0.25, 0.3) is 5.92 Å². The fourth-order valence-electron chi connectivity index (χ4n) is 2.27. The maximum Gasteiger partial charge on any atom is 0.254 e. The van der Waals surface area contributed by atoms with E-state index < -0.39 is 29.1 Å². The summed E-state index contributed by atoms with van der Waals surface area (Å²) in [5.41, 5.74) is 0. The minimum absolute atomic E-state index is 0.0981. The van der Waals surface area contributed by atoms with Crippen molar-refractivity contribution < 1.29 is 13.3 Å². The third-order valence-electron chi connectivity index (χ3n) is 3.37. The Hall–Kier alpha value is -0.160. The summed E-state index contributed by atoms with van der Waals surface area (Å²) in [4.78, 5) is 0. The first-order chi connectivity index (χ1) is 7.23. The van der Waals surface area contributed by atoms with Crippen LogP contribution in [0.3, 0.4) is 0 Å². The molecule has 4 atom stereocenters. The quantitative estimate of drug-likeness (QED) is 0.547. The van der Waals surface area contributed by atoms with Crippen LogP contribution >= 0.6 is 0 Å². The minimum atomic E-state index is -2.42. The molecule has 2 rings (SSSR count). The largest absolute Gasteiger partial charge is 0.591 e. The van der Waals surface area contributed by atoms with Crippen LogP contribution in [0.15, 0.2) is 4.40 Å². The van der Waals surface area contributed by atoms with Crippen molar-refractivity contribution >= 4 is 17.6 Å². The lowest BCUT2D eigenvalue weighted by Crippen LogP contribution is -2.26. The van der Waals surface area contributed by atoms with Gasteiger partial charge in [0.2, 0.25) is 0 Å². The topological polar surface area (TPSA) is 35.4 Å². The van der Waals surface area contributed by atoms with Crippen LogP contribution in [0.25, 0.3) is 0 Å². The maximum absolute atomic E-state index is 12.9. The Labute approximate surface area is 97.8 Å². The molecule has 5 heteroatoms. The van der Waals surface area contributed by atoms with Crippen LogP contribution in [0.2, 0.25) is 0 Å². The molecular formula is C11H17F2NOS. The predicted octanol–water partition coefficient (Wildman–Crippen LogP) is 2.81. The number of rotatable bonds is 2. The van der Waals surface area contributed by atoms with Gasteiger partial charge in [-0.1, -0.05) is 4.40 Å². The van der Waals surface area contributed by atoms with Crippen molar-refractivity contribution in [2.24, 2.45) is 22.2 Å². The molecule has 2 aliphatic rings. The van der Waals surface area contributed by atoms with E-state index in [0.29, 0.717) is 12.8 Å². The molecule has 0 bridgehead atoms. The molecule has 0 radical (unpaired) electrons. The molecule has 2 saturated carbocycles. The van der Waals surface area contributed by atoms with Crippen molar-refractivity contribution in [3.63, 3.8) is 0 Å². The summed E-state index contributed by atoms with van der Waals surface area (Å²) >= 11 is -1.27. The molecule has 2 fully saturated rings. The summed E-state index contributed by atoms with van der Waals surface area (Å²) in [6.45, 7) is 5.54. The standard InChI is InChI=1S/C11H17F2NOS/c1-10(2,3)16(15)14-6-7-4-8-9(5-7)11(8,12)13/h6-9H,4-5H2,1-3H3/t7?,8-,9+,16?. The fourth-order valence-corrected chi connectivity index (χ4v) is 2.87. The Bertz CT molecular complexity index is 300. The molecule has 0 saturated heterocycles. The summed E-state index contributed by atoms with van der Waals surface area (Å²) < 4.78 is 41.0. The molecule has 92 valence electrons. The highest BCUT2D eigenvalue weighted by Gasteiger charge is 2.71. The SMILES string of the molecule is CC(C)(C)[S+]([O-])N=CC1C[C@@H]2[C@H](C1)C2(F)F. The first-order valence-corrected chi connectivity index (χ1v) is 6.67.